The molecule has 0 aliphatic carbocycles. The highest BCUT2D eigenvalue weighted by Gasteiger charge is 2.51. The van der Waals surface area contributed by atoms with E-state index in [4.69, 9.17) is 0 Å². The topological polar surface area (TPSA) is 57.6 Å². The third-order valence-corrected chi connectivity index (χ3v) is 4.91. The lowest BCUT2D eigenvalue weighted by Crippen LogP contribution is -2.37. The standard InChI is InChI=1S/C17H21NO3/c1-10(2)11-3-5-12(6-4-11)16(19)18-13-7-8-15(18)14(9-13)17(20)21/h3-6,10,13-15H,7-9H2,1-2H3,(H,20,21). The van der Waals surface area contributed by atoms with Gasteiger partial charge < -0.3 is 10.0 Å². The maximum atomic E-state index is 12.7. The molecule has 1 amide bonds. The first-order valence-corrected chi connectivity index (χ1v) is 7.64. The summed E-state index contributed by atoms with van der Waals surface area (Å²) in [6.45, 7) is 4.24. The molecular formula is C17H21NO3. The molecule has 21 heavy (non-hydrogen) atoms. The highest BCUT2D eigenvalue weighted by atomic mass is 16.4. The van der Waals surface area contributed by atoms with Crippen molar-refractivity contribution in [3.8, 4) is 0 Å². The van der Waals surface area contributed by atoms with Crippen LogP contribution in [-0.2, 0) is 4.79 Å². The number of carbonyl (C=O) groups excluding carboxylic acids is 1. The second-order valence-corrected chi connectivity index (χ2v) is 6.47. The average Bonchev–Trinajstić information content (AvgIpc) is 3.04. The van der Waals surface area contributed by atoms with Crippen molar-refractivity contribution in [1.29, 1.82) is 0 Å². The van der Waals surface area contributed by atoms with E-state index in [1.807, 2.05) is 29.2 Å². The molecule has 1 aromatic rings. The highest BCUT2D eigenvalue weighted by molar-refractivity contribution is 5.95. The van der Waals surface area contributed by atoms with Crippen molar-refractivity contribution in [1.82, 2.24) is 4.90 Å². The van der Waals surface area contributed by atoms with Crippen LogP contribution in [0.1, 0.15) is 54.9 Å². The molecule has 3 rings (SSSR count). The van der Waals surface area contributed by atoms with E-state index in [-0.39, 0.29) is 23.9 Å². The summed E-state index contributed by atoms with van der Waals surface area (Å²) in [6, 6.07) is 7.70. The van der Waals surface area contributed by atoms with E-state index in [0.29, 0.717) is 17.9 Å². The Hall–Kier alpha value is -1.84. The van der Waals surface area contributed by atoms with Gasteiger partial charge in [-0.1, -0.05) is 26.0 Å². The van der Waals surface area contributed by atoms with Crippen molar-refractivity contribution >= 4 is 11.9 Å². The zero-order valence-electron chi connectivity index (χ0n) is 12.5. The minimum Gasteiger partial charge on any atom is -0.481 e. The molecule has 0 spiro atoms. The van der Waals surface area contributed by atoms with Crippen molar-refractivity contribution in [2.45, 2.75) is 51.1 Å². The molecule has 3 unspecified atom stereocenters. The van der Waals surface area contributed by atoms with E-state index in [1.165, 1.54) is 5.56 Å². The van der Waals surface area contributed by atoms with E-state index < -0.39 is 5.97 Å². The molecule has 4 heteroatoms. The summed E-state index contributed by atoms with van der Waals surface area (Å²) in [4.78, 5) is 25.8. The Bertz CT molecular complexity index is 564. The number of nitrogens with zero attached hydrogens (tertiary/aromatic N) is 1. The Morgan fingerprint density at radius 1 is 1.19 bits per heavy atom. The summed E-state index contributed by atoms with van der Waals surface area (Å²) < 4.78 is 0. The molecule has 0 saturated carbocycles. The number of amides is 1. The fraction of sp³-hybridized carbons (Fsp3) is 0.529. The van der Waals surface area contributed by atoms with E-state index >= 15 is 0 Å². The third kappa shape index (κ3) is 2.33. The first-order chi connectivity index (χ1) is 9.99. The molecule has 2 aliphatic heterocycles. The first-order valence-electron chi connectivity index (χ1n) is 7.64. The van der Waals surface area contributed by atoms with Gasteiger partial charge in [0.25, 0.3) is 5.91 Å². The van der Waals surface area contributed by atoms with Gasteiger partial charge in [0.15, 0.2) is 0 Å². The molecule has 3 atom stereocenters. The molecule has 0 radical (unpaired) electrons. The van der Waals surface area contributed by atoms with Crippen molar-refractivity contribution in [3.63, 3.8) is 0 Å². The summed E-state index contributed by atoms with van der Waals surface area (Å²) in [6.07, 6.45) is 2.36. The average molecular weight is 287 g/mol. The van der Waals surface area contributed by atoms with E-state index in [0.717, 1.165) is 12.8 Å². The van der Waals surface area contributed by atoms with Gasteiger partial charge in [-0.3, -0.25) is 9.59 Å². The van der Waals surface area contributed by atoms with E-state index in [9.17, 15) is 14.7 Å². The predicted molar refractivity (Wildman–Crippen MR) is 79.3 cm³/mol. The van der Waals surface area contributed by atoms with Crippen LogP contribution in [0.3, 0.4) is 0 Å². The number of carboxylic acids is 1. The molecule has 112 valence electrons. The molecule has 1 N–H and O–H groups in total. The van der Waals surface area contributed by atoms with Crippen LogP contribution in [0.4, 0.5) is 0 Å². The number of carbonyl (C=O) groups is 2. The van der Waals surface area contributed by atoms with Gasteiger partial charge in [-0.25, -0.2) is 0 Å². The lowest BCUT2D eigenvalue weighted by molar-refractivity contribution is -0.142. The Kier molecular flexibility index (Phi) is 3.47. The second-order valence-electron chi connectivity index (χ2n) is 6.47. The van der Waals surface area contributed by atoms with Crippen LogP contribution < -0.4 is 0 Å². The summed E-state index contributed by atoms with van der Waals surface area (Å²) >= 11 is 0. The number of rotatable bonds is 3. The quantitative estimate of drug-likeness (QED) is 0.930. The van der Waals surface area contributed by atoms with E-state index in [2.05, 4.69) is 13.8 Å². The van der Waals surface area contributed by atoms with Crippen molar-refractivity contribution in [2.24, 2.45) is 5.92 Å². The molecule has 2 fully saturated rings. The lowest BCUT2D eigenvalue weighted by atomic mass is 9.89. The Labute approximate surface area is 124 Å². The minimum absolute atomic E-state index is 0.0124. The van der Waals surface area contributed by atoms with E-state index in [1.54, 1.807) is 0 Å². The van der Waals surface area contributed by atoms with Crippen molar-refractivity contribution in [3.05, 3.63) is 35.4 Å². The van der Waals surface area contributed by atoms with Crippen LogP contribution in [0.25, 0.3) is 0 Å². The van der Waals surface area contributed by atoms with Gasteiger partial charge in [0.2, 0.25) is 0 Å². The molecule has 1 aromatic carbocycles. The maximum absolute atomic E-state index is 12.7. The van der Waals surface area contributed by atoms with Gasteiger partial charge in [-0.2, -0.15) is 0 Å². The second kappa shape index (κ2) is 5.17. The highest BCUT2D eigenvalue weighted by Crippen LogP contribution is 2.42. The summed E-state index contributed by atoms with van der Waals surface area (Å²) in [5, 5.41) is 9.26. The lowest BCUT2D eigenvalue weighted by Gasteiger charge is -2.23. The SMILES string of the molecule is CC(C)c1ccc(C(=O)N2C3CCC2C(C(=O)O)C3)cc1. The van der Waals surface area contributed by atoms with Crippen molar-refractivity contribution in [2.75, 3.05) is 0 Å². The monoisotopic (exact) mass is 287 g/mol. The van der Waals surface area contributed by atoms with Crippen LogP contribution in [0, 0.1) is 5.92 Å². The van der Waals surface area contributed by atoms with Gasteiger partial charge in [-0.05, 0) is 42.9 Å². The van der Waals surface area contributed by atoms with Gasteiger partial charge in [0.1, 0.15) is 0 Å². The molecule has 0 aromatic heterocycles. The predicted octanol–water partition coefficient (Wildman–Crippen LogP) is 2.89. The zero-order valence-corrected chi connectivity index (χ0v) is 12.5. The number of fused-ring (bicyclic) bond motifs is 2. The van der Waals surface area contributed by atoms with Crippen molar-refractivity contribution < 1.29 is 14.7 Å². The minimum atomic E-state index is -0.768. The Morgan fingerprint density at radius 3 is 2.38 bits per heavy atom. The van der Waals surface area contributed by atoms with Gasteiger partial charge in [0, 0.05) is 17.6 Å². The number of hydrogen-bond acceptors (Lipinski definition) is 2. The van der Waals surface area contributed by atoms with Crippen LogP contribution in [0.2, 0.25) is 0 Å². The smallest absolute Gasteiger partial charge is 0.308 e. The summed E-state index contributed by atoms with van der Waals surface area (Å²) in [7, 11) is 0. The molecule has 2 heterocycles. The number of hydrogen-bond donors (Lipinski definition) is 1. The number of aliphatic carboxylic acids is 1. The van der Waals surface area contributed by atoms with Gasteiger partial charge in [-0.15, -0.1) is 0 Å². The summed E-state index contributed by atoms with van der Waals surface area (Å²) in [5.74, 6) is -0.729. The molecule has 4 nitrogen and oxygen atoms in total. The Balaban J connectivity index is 1.81. The molecule has 2 saturated heterocycles. The van der Waals surface area contributed by atoms with Crippen LogP contribution in [0.15, 0.2) is 24.3 Å². The third-order valence-electron chi connectivity index (χ3n) is 4.91. The van der Waals surface area contributed by atoms with Gasteiger partial charge in [0.05, 0.1) is 5.92 Å². The first kappa shape index (κ1) is 14.1. The molecular weight excluding hydrogens is 266 g/mol. The van der Waals surface area contributed by atoms with Crippen LogP contribution in [-0.4, -0.2) is 34.0 Å². The summed E-state index contributed by atoms with van der Waals surface area (Å²) in [5.41, 5.74) is 1.88. The zero-order chi connectivity index (χ0) is 15.1. The Morgan fingerprint density at radius 2 is 1.86 bits per heavy atom. The molecule has 2 bridgehead atoms. The fourth-order valence-corrected chi connectivity index (χ4v) is 3.73. The normalized spacial score (nSPS) is 27.4. The van der Waals surface area contributed by atoms with Crippen LogP contribution in [0.5, 0.6) is 0 Å². The van der Waals surface area contributed by atoms with Gasteiger partial charge >= 0.3 is 5.97 Å². The van der Waals surface area contributed by atoms with Crippen LogP contribution >= 0.6 is 0 Å². The number of carboxylic acid groups (broad SMARTS) is 1. The fourth-order valence-electron chi connectivity index (χ4n) is 3.73. The molecule has 2 aliphatic rings. The largest absolute Gasteiger partial charge is 0.481 e. The maximum Gasteiger partial charge on any atom is 0.308 e. The number of benzene rings is 1.